The maximum absolute atomic E-state index is 11.7. The van der Waals surface area contributed by atoms with E-state index in [0.717, 1.165) is 5.56 Å². The van der Waals surface area contributed by atoms with Gasteiger partial charge < -0.3 is 21.5 Å². The number of nitrogen functional groups attached to an aromatic ring is 1. The summed E-state index contributed by atoms with van der Waals surface area (Å²) in [7, 11) is 0. The molecule has 0 aromatic heterocycles. The molecular formula is C13H19N3O3. The Balaban J connectivity index is 2.66. The van der Waals surface area contributed by atoms with Gasteiger partial charge in [0.25, 0.3) is 0 Å². The SMILES string of the molecule is CCC(CO)NC(=O)C(=O)Nc1ccc(C)cc1N. The van der Waals surface area contributed by atoms with E-state index in [2.05, 4.69) is 10.6 Å². The van der Waals surface area contributed by atoms with Crippen molar-refractivity contribution in [1.29, 1.82) is 0 Å². The Kier molecular flexibility index (Phi) is 5.32. The Morgan fingerprint density at radius 2 is 2.05 bits per heavy atom. The van der Waals surface area contributed by atoms with E-state index < -0.39 is 17.9 Å². The van der Waals surface area contributed by atoms with Gasteiger partial charge in [-0.05, 0) is 31.0 Å². The predicted octanol–water partition coefficient (Wildman–Crippen LogP) is 0.403. The van der Waals surface area contributed by atoms with Gasteiger partial charge in [0.05, 0.1) is 24.0 Å². The molecule has 19 heavy (non-hydrogen) atoms. The Morgan fingerprint density at radius 3 is 2.58 bits per heavy atom. The number of carbonyl (C=O) groups excluding carboxylic acids is 2. The lowest BCUT2D eigenvalue weighted by atomic mass is 10.2. The smallest absolute Gasteiger partial charge is 0.313 e. The molecule has 1 aromatic carbocycles. The molecule has 2 amide bonds. The highest BCUT2D eigenvalue weighted by Gasteiger charge is 2.17. The first-order valence-electron chi connectivity index (χ1n) is 6.06. The van der Waals surface area contributed by atoms with Gasteiger partial charge in [0, 0.05) is 0 Å². The fraction of sp³-hybridized carbons (Fsp3) is 0.385. The van der Waals surface area contributed by atoms with Gasteiger partial charge in [-0.3, -0.25) is 9.59 Å². The monoisotopic (exact) mass is 265 g/mol. The minimum absolute atomic E-state index is 0.206. The standard InChI is InChI=1S/C13H19N3O3/c1-3-9(7-17)15-12(18)13(19)16-11-5-4-8(2)6-10(11)14/h4-6,9,17H,3,7,14H2,1-2H3,(H,15,18)(H,16,19). The van der Waals surface area contributed by atoms with Crippen molar-refractivity contribution in [3.8, 4) is 0 Å². The fourth-order valence-corrected chi connectivity index (χ4v) is 1.50. The molecule has 1 unspecified atom stereocenters. The molecule has 5 N–H and O–H groups in total. The van der Waals surface area contributed by atoms with Crippen LogP contribution in [-0.2, 0) is 9.59 Å². The van der Waals surface area contributed by atoms with Crippen LogP contribution in [-0.4, -0.2) is 29.6 Å². The lowest BCUT2D eigenvalue weighted by molar-refractivity contribution is -0.136. The number of carbonyl (C=O) groups is 2. The molecule has 0 spiro atoms. The van der Waals surface area contributed by atoms with Crippen LogP contribution in [0.3, 0.4) is 0 Å². The summed E-state index contributed by atoms with van der Waals surface area (Å²) in [5.74, 6) is -1.59. The zero-order chi connectivity index (χ0) is 14.4. The average Bonchev–Trinajstić information content (AvgIpc) is 2.38. The Labute approximate surface area is 112 Å². The Hall–Kier alpha value is -2.08. The summed E-state index contributed by atoms with van der Waals surface area (Å²) in [5.41, 5.74) is 7.49. The van der Waals surface area contributed by atoms with Crippen LogP contribution in [0.25, 0.3) is 0 Å². The van der Waals surface area contributed by atoms with Gasteiger partial charge in [-0.25, -0.2) is 0 Å². The molecule has 6 heteroatoms. The minimum atomic E-state index is -0.803. The molecule has 6 nitrogen and oxygen atoms in total. The molecule has 0 saturated carbocycles. The third-order valence-corrected chi connectivity index (χ3v) is 2.71. The zero-order valence-electron chi connectivity index (χ0n) is 11.1. The molecule has 0 aliphatic heterocycles. The molecule has 0 aliphatic carbocycles. The van der Waals surface area contributed by atoms with Crippen LogP contribution in [0.4, 0.5) is 11.4 Å². The van der Waals surface area contributed by atoms with E-state index in [1.54, 1.807) is 25.1 Å². The maximum atomic E-state index is 11.7. The number of hydrogen-bond donors (Lipinski definition) is 4. The number of nitrogens with one attached hydrogen (secondary N) is 2. The highest BCUT2D eigenvalue weighted by Crippen LogP contribution is 2.19. The number of aryl methyl sites for hydroxylation is 1. The van der Waals surface area contributed by atoms with Gasteiger partial charge in [-0.1, -0.05) is 13.0 Å². The lowest BCUT2D eigenvalue weighted by Gasteiger charge is -2.14. The normalized spacial score (nSPS) is 11.7. The second-order valence-electron chi connectivity index (χ2n) is 4.31. The predicted molar refractivity (Wildman–Crippen MR) is 73.5 cm³/mol. The molecule has 0 aliphatic rings. The van der Waals surface area contributed by atoms with Crippen molar-refractivity contribution in [2.24, 2.45) is 0 Å². The van der Waals surface area contributed by atoms with Crippen molar-refractivity contribution in [2.45, 2.75) is 26.3 Å². The minimum Gasteiger partial charge on any atom is -0.397 e. The number of nitrogens with two attached hydrogens (primary N) is 1. The zero-order valence-corrected chi connectivity index (χ0v) is 11.1. The Bertz CT molecular complexity index is 470. The summed E-state index contributed by atoms with van der Waals surface area (Å²) in [6.07, 6.45) is 0.544. The molecule has 0 radical (unpaired) electrons. The van der Waals surface area contributed by atoms with E-state index >= 15 is 0 Å². The van der Waals surface area contributed by atoms with Gasteiger partial charge >= 0.3 is 11.8 Å². The van der Waals surface area contributed by atoms with Crippen molar-refractivity contribution in [3.63, 3.8) is 0 Å². The van der Waals surface area contributed by atoms with Crippen molar-refractivity contribution in [3.05, 3.63) is 23.8 Å². The largest absolute Gasteiger partial charge is 0.397 e. The van der Waals surface area contributed by atoms with Crippen LogP contribution >= 0.6 is 0 Å². The number of hydrogen-bond acceptors (Lipinski definition) is 4. The third-order valence-electron chi connectivity index (χ3n) is 2.71. The summed E-state index contributed by atoms with van der Waals surface area (Å²) in [5, 5.41) is 13.8. The first-order valence-corrected chi connectivity index (χ1v) is 6.06. The van der Waals surface area contributed by atoms with Crippen LogP contribution in [0.2, 0.25) is 0 Å². The first kappa shape index (κ1) is 15.0. The molecule has 0 heterocycles. The molecule has 1 atom stereocenters. The highest BCUT2D eigenvalue weighted by atomic mass is 16.3. The van der Waals surface area contributed by atoms with E-state index in [-0.39, 0.29) is 6.61 Å². The summed E-state index contributed by atoms with van der Waals surface area (Å²) < 4.78 is 0. The van der Waals surface area contributed by atoms with E-state index in [4.69, 9.17) is 10.8 Å². The molecule has 104 valence electrons. The highest BCUT2D eigenvalue weighted by molar-refractivity contribution is 6.40. The lowest BCUT2D eigenvalue weighted by Crippen LogP contribution is -2.43. The summed E-state index contributed by atoms with van der Waals surface area (Å²) in [6, 6.07) is 4.70. The van der Waals surface area contributed by atoms with E-state index in [9.17, 15) is 9.59 Å². The van der Waals surface area contributed by atoms with Crippen LogP contribution in [0, 0.1) is 6.92 Å². The summed E-state index contributed by atoms with van der Waals surface area (Å²) >= 11 is 0. The number of amides is 2. The average molecular weight is 265 g/mol. The van der Waals surface area contributed by atoms with Crippen LogP contribution in [0.15, 0.2) is 18.2 Å². The third kappa shape index (κ3) is 4.26. The fourth-order valence-electron chi connectivity index (χ4n) is 1.50. The van der Waals surface area contributed by atoms with Crippen molar-refractivity contribution in [2.75, 3.05) is 17.7 Å². The summed E-state index contributed by atoms with van der Waals surface area (Å²) in [6.45, 7) is 3.47. The Morgan fingerprint density at radius 1 is 1.37 bits per heavy atom. The molecule has 0 bridgehead atoms. The van der Waals surface area contributed by atoms with E-state index in [1.165, 1.54) is 0 Å². The van der Waals surface area contributed by atoms with E-state index in [0.29, 0.717) is 17.8 Å². The van der Waals surface area contributed by atoms with Crippen LogP contribution < -0.4 is 16.4 Å². The number of aliphatic hydroxyl groups is 1. The van der Waals surface area contributed by atoms with Crippen LogP contribution in [0.5, 0.6) is 0 Å². The van der Waals surface area contributed by atoms with Gasteiger partial charge in [-0.2, -0.15) is 0 Å². The molecule has 0 saturated heterocycles. The molecule has 1 rings (SSSR count). The molecule has 1 aromatic rings. The van der Waals surface area contributed by atoms with Gasteiger partial charge in [0.1, 0.15) is 0 Å². The van der Waals surface area contributed by atoms with Crippen molar-refractivity contribution in [1.82, 2.24) is 5.32 Å². The topological polar surface area (TPSA) is 104 Å². The second kappa shape index (κ2) is 6.75. The maximum Gasteiger partial charge on any atom is 0.313 e. The summed E-state index contributed by atoms with van der Waals surface area (Å²) in [4.78, 5) is 23.2. The van der Waals surface area contributed by atoms with Crippen LogP contribution in [0.1, 0.15) is 18.9 Å². The van der Waals surface area contributed by atoms with Gasteiger partial charge in [0.15, 0.2) is 0 Å². The van der Waals surface area contributed by atoms with Crippen molar-refractivity contribution >= 4 is 23.2 Å². The quantitative estimate of drug-likeness (QED) is 0.467. The number of rotatable bonds is 4. The number of anilines is 2. The number of benzene rings is 1. The molecular weight excluding hydrogens is 246 g/mol. The van der Waals surface area contributed by atoms with Gasteiger partial charge in [0.2, 0.25) is 0 Å². The first-order chi connectivity index (χ1) is 8.97. The molecule has 0 fully saturated rings. The van der Waals surface area contributed by atoms with Crippen molar-refractivity contribution < 1.29 is 14.7 Å². The van der Waals surface area contributed by atoms with Gasteiger partial charge in [-0.15, -0.1) is 0 Å². The second-order valence-corrected chi connectivity index (χ2v) is 4.31. The van der Waals surface area contributed by atoms with E-state index in [1.807, 2.05) is 6.92 Å². The number of aliphatic hydroxyl groups excluding tert-OH is 1.